The summed E-state index contributed by atoms with van der Waals surface area (Å²) in [5.41, 5.74) is 0.587. The van der Waals surface area contributed by atoms with E-state index in [-0.39, 0.29) is 31.3 Å². The van der Waals surface area contributed by atoms with Crippen LogP contribution in [0.1, 0.15) is 0 Å². The van der Waals surface area contributed by atoms with Gasteiger partial charge in [0.05, 0.1) is 17.0 Å². The van der Waals surface area contributed by atoms with Gasteiger partial charge in [-0.25, -0.2) is 18.6 Å². The van der Waals surface area contributed by atoms with E-state index in [0.717, 1.165) is 18.2 Å². The molecule has 3 N–H and O–H groups in total. The first-order valence-corrected chi connectivity index (χ1v) is 17.0. The van der Waals surface area contributed by atoms with Gasteiger partial charge in [0.1, 0.15) is 18.1 Å². The van der Waals surface area contributed by atoms with Crippen molar-refractivity contribution in [3.05, 3.63) is 47.2 Å². The molecule has 2 aromatic heterocycles. The van der Waals surface area contributed by atoms with Crippen LogP contribution in [0.5, 0.6) is 11.5 Å². The molecule has 0 aliphatic heterocycles. The largest absolute Gasteiger partial charge is 0.465 e. The number of nitrogens with zero attached hydrogens (tertiary/aromatic N) is 3. The minimum absolute atomic E-state index is 0.103. The second kappa shape index (κ2) is 13.3. The number of ether oxygens (including phenoxy) is 2. The topological polar surface area (TPSA) is 110 Å². The minimum atomic E-state index is -1.24. The first kappa shape index (κ1) is 29.7. The predicted molar refractivity (Wildman–Crippen MR) is 151 cm³/mol. The highest BCUT2D eigenvalue weighted by atomic mass is 35.5. The Kier molecular flexibility index (Phi) is 10.4. The Labute approximate surface area is 229 Å². The highest BCUT2D eigenvalue weighted by molar-refractivity contribution is 8.13. The summed E-state index contributed by atoms with van der Waals surface area (Å²) in [4.78, 5) is 19.1. The van der Waals surface area contributed by atoms with Crippen LogP contribution in [0, 0.1) is 11.6 Å². The molecular formula is C24H30ClF2N5O4SSi. The van der Waals surface area contributed by atoms with Gasteiger partial charge in [-0.15, -0.1) is 0 Å². The highest BCUT2D eigenvalue weighted by Crippen LogP contribution is 2.37. The van der Waals surface area contributed by atoms with Gasteiger partial charge in [-0.1, -0.05) is 43.0 Å². The average molecular weight is 586 g/mol. The number of thioether (sulfide) groups is 1. The lowest BCUT2D eigenvalue weighted by Crippen LogP contribution is -2.24. The summed E-state index contributed by atoms with van der Waals surface area (Å²) in [6, 6.07) is 4.66. The van der Waals surface area contributed by atoms with Gasteiger partial charge < -0.3 is 29.8 Å². The number of hydrogen-bond donors (Lipinski definition) is 3. The molecule has 0 saturated heterocycles. The molecule has 0 saturated carbocycles. The Bertz CT molecular complexity index is 1300. The molecule has 0 fully saturated rings. The third kappa shape index (κ3) is 8.31. The molecule has 0 aliphatic carbocycles. The fraction of sp³-hybridized carbons (Fsp3) is 0.375. The fourth-order valence-electron chi connectivity index (χ4n) is 3.30. The van der Waals surface area contributed by atoms with E-state index < -0.39 is 31.6 Å². The maximum atomic E-state index is 15.0. The van der Waals surface area contributed by atoms with Gasteiger partial charge in [0.2, 0.25) is 0 Å². The maximum absolute atomic E-state index is 15.0. The Hall–Kier alpha value is -2.87. The first-order valence-electron chi connectivity index (χ1n) is 11.7. The Morgan fingerprint density at radius 2 is 2.00 bits per heavy atom. The molecule has 0 radical (unpaired) electrons. The van der Waals surface area contributed by atoms with Gasteiger partial charge in [-0.2, -0.15) is 0 Å². The molecule has 0 bridgehead atoms. The quantitative estimate of drug-likeness (QED) is 0.102. The van der Waals surface area contributed by atoms with Gasteiger partial charge in [0.25, 0.3) is 0 Å². The van der Waals surface area contributed by atoms with Crippen molar-refractivity contribution < 1.29 is 28.2 Å². The molecule has 14 heteroatoms. The summed E-state index contributed by atoms with van der Waals surface area (Å²) >= 11 is 7.65. The summed E-state index contributed by atoms with van der Waals surface area (Å²) in [6.07, 6.45) is 3.69. The number of rotatable bonds is 11. The zero-order valence-corrected chi connectivity index (χ0v) is 24.1. The number of amidine groups is 1. The first-order chi connectivity index (χ1) is 18.0. The third-order valence-corrected chi connectivity index (χ3v) is 7.81. The van der Waals surface area contributed by atoms with Crippen molar-refractivity contribution >= 4 is 59.4 Å². The number of aromatic nitrogens is 2. The number of pyridine rings is 1. The van der Waals surface area contributed by atoms with E-state index in [1.807, 2.05) is 0 Å². The molecule has 206 valence electrons. The molecule has 0 spiro atoms. The molecule has 0 unspecified atom stereocenters. The molecule has 0 atom stereocenters. The second-order valence-electron chi connectivity index (χ2n) is 9.42. The lowest BCUT2D eigenvalue weighted by Gasteiger charge is -2.15. The smallest absolute Gasteiger partial charge is 0.404 e. The molecular weight excluding hydrogens is 556 g/mol. The van der Waals surface area contributed by atoms with Crippen LogP contribution >= 0.6 is 23.4 Å². The number of halogens is 3. The Morgan fingerprint density at radius 3 is 2.63 bits per heavy atom. The molecule has 2 heterocycles. The number of aliphatic imine (C=N–C) groups is 1. The SMILES string of the molecule is CSC(=NCCNC(=O)O)Nc1cc(F)c(Oc2ccnc3c2c(Cl)cn3COCC[Si](C)(C)C)c(F)c1. The molecule has 9 nitrogen and oxygen atoms in total. The van der Waals surface area contributed by atoms with Crippen molar-refractivity contribution in [2.45, 2.75) is 32.4 Å². The van der Waals surface area contributed by atoms with Crippen molar-refractivity contribution in [3.63, 3.8) is 0 Å². The Balaban J connectivity index is 1.76. The van der Waals surface area contributed by atoms with Crippen LogP contribution in [0.3, 0.4) is 0 Å². The van der Waals surface area contributed by atoms with Crippen LogP contribution in [0.4, 0.5) is 19.3 Å². The van der Waals surface area contributed by atoms with Crippen molar-refractivity contribution in [1.82, 2.24) is 14.9 Å². The second-order valence-corrected chi connectivity index (χ2v) is 16.2. The van der Waals surface area contributed by atoms with Crippen LogP contribution in [-0.2, 0) is 11.5 Å². The van der Waals surface area contributed by atoms with Gasteiger partial charge in [0, 0.05) is 51.4 Å². The van der Waals surface area contributed by atoms with Crippen molar-refractivity contribution in [3.8, 4) is 11.5 Å². The number of amides is 1. The summed E-state index contributed by atoms with van der Waals surface area (Å²) in [6.45, 7) is 7.91. The minimum Gasteiger partial charge on any atom is -0.465 e. The number of benzene rings is 1. The van der Waals surface area contributed by atoms with Gasteiger partial charge in [-0.3, -0.25) is 4.99 Å². The number of carboxylic acid groups (broad SMARTS) is 1. The van der Waals surface area contributed by atoms with Gasteiger partial charge in [-0.05, 0) is 18.4 Å². The lowest BCUT2D eigenvalue weighted by molar-refractivity contribution is 0.0899. The predicted octanol–water partition coefficient (Wildman–Crippen LogP) is 6.47. The molecule has 3 rings (SSSR count). The normalized spacial score (nSPS) is 12.1. The monoisotopic (exact) mass is 585 g/mol. The van der Waals surface area contributed by atoms with E-state index in [1.54, 1.807) is 17.0 Å². The van der Waals surface area contributed by atoms with Crippen LogP contribution in [0.25, 0.3) is 11.0 Å². The van der Waals surface area contributed by atoms with Crippen molar-refractivity contribution in [2.75, 3.05) is 31.3 Å². The summed E-state index contributed by atoms with van der Waals surface area (Å²) in [5.74, 6) is -2.31. The summed E-state index contributed by atoms with van der Waals surface area (Å²) in [7, 11) is -1.24. The van der Waals surface area contributed by atoms with Gasteiger partial charge >= 0.3 is 6.09 Å². The lowest BCUT2D eigenvalue weighted by atomic mass is 10.2. The molecule has 1 amide bonds. The molecule has 1 aromatic carbocycles. The van der Waals surface area contributed by atoms with E-state index in [9.17, 15) is 13.6 Å². The molecule has 38 heavy (non-hydrogen) atoms. The zero-order chi connectivity index (χ0) is 27.9. The van der Waals surface area contributed by atoms with Crippen molar-refractivity contribution in [2.24, 2.45) is 4.99 Å². The molecule has 3 aromatic rings. The van der Waals surface area contributed by atoms with E-state index in [4.69, 9.17) is 26.2 Å². The van der Waals surface area contributed by atoms with E-state index in [1.165, 1.54) is 24.0 Å². The van der Waals surface area contributed by atoms with Crippen LogP contribution < -0.4 is 15.4 Å². The standard InChI is InChI=1S/C24H30ClF2N5O4SSi/c1-37-23(29-7-8-30-24(33)34)31-15-11-17(26)21(18(27)12-15)36-19-5-6-28-22-20(19)16(25)13-32(22)14-35-9-10-38(2,3)4/h5-6,11-13,30H,7-10,14H2,1-4H3,(H,29,31)(H,33,34). The van der Waals surface area contributed by atoms with Crippen LogP contribution in [0.2, 0.25) is 30.7 Å². The highest BCUT2D eigenvalue weighted by Gasteiger charge is 2.19. The summed E-state index contributed by atoms with van der Waals surface area (Å²) < 4.78 is 43.1. The van der Waals surface area contributed by atoms with E-state index >= 15 is 0 Å². The van der Waals surface area contributed by atoms with E-state index in [0.29, 0.717) is 27.8 Å². The maximum Gasteiger partial charge on any atom is 0.404 e. The summed E-state index contributed by atoms with van der Waals surface area (Å²) in [5, 5.41) is 14.7. The number of hydrogen-bond acceptors (Lipinski definition) is 6. The molecule has 0 aliphatic rings. The fourth-order valence-corrected chi connectivity index (χ4v) is 4.79. The number of fused-ring (bicyclic) bond motifs is 1. The van der Waals surface area contributed by atoms with E-state index in [2.05, 4.69) is 40.3 Å². The zero-order valence-electron chi connectivity index (χ0n) is 21.5. The van der Waals surface area contributed by atoms with Crippen LogP contribution in [-0.4, -0.2) is 59.9 Å². The van der Waals surface area contributed by atoms with Crippen molar-refractivity contribution in [1.29, 1.82) is 0 Å². The van der Waals surface area contributed by atoms with Crippen LogP contribution in [0.15, 0.2) is 35.6 Å². The number of anilines is 1. The number of nitrogens with one attached hydrogen (secondary N) is 2. The van der Waals surface area contributed by atoms with Gasteiger partial charge in [0.15, 0.2) is 22.6 Å². The number of carbonyl (C=O) groups is 1. The average Bonchev–Trinajstić information content (AvgIpc) is 3.16. The Morgan fingerprint density at radius 1 is 1.29 bits per heavy atom. The third-order valence-electron chi connectivity index (χ3n) is 5.20.